The molecule has 0 aliphatic carbocycles. The van der Waals surface area contributed by atoms with Gasteiger partial charge in [-0.25, -0.2) is 9.48 Å². The number of amides is 2. The number of piperidine rings is 1. The van der Waals surface area contributed by atoms with Gasteiger partial charge in [-0.2, -0.15) is 16.9 Å². The van der Waals surface area contributed by atoms with Gasteiger partial charge in [0.25, 0.3) is 0 Å². The lowest BCUT2D eigenvalue weighted by molar-refractivity contribution is 0.201. The molecule has 0 unspecified atom stereocenters. The average molecular weight is 296 g/mol. The zero-order chi connectivity index (χ0) is 14.8. The molecule has 1 N–H and O–H groups in total. The highest BCUT2D eigenvalue weighted by molar-refractivity contribution is 7.99. The number of carbonyl (C=O) groups excluding carboxylic acids is 1. The van der Waals surface area contributed by atoms with Crippen molar-refractivity contribution in [1.29, 1.82) is 0 Å². The molecule has 112 valence electrons. The monoisotopic (exact) mass is 296 g/mol. The van der Waals surface area contributed by atoms with Gasteiger partial charge < -0.3 is 4.90 Å². The second-order valence-corrected chi connectivity index (χ2v) is 7.29. The Morgan fingerprint density at radius 3 is 2.60 bits per heavy atom. The molecular weight excluding hydrogens is 272 g/mol. The van der Waals surface area contributed by atoms with Crippen LogP contribution in [0.3, 0.4) is 0 Å². The molecule has 0 atom stereocenters. The van der Waals surface area contributed by atoms with Crippen molar-refractivity contribution < 1.29 is 4.79 Å². The predicted molar refractivity (Wildman–Crippen MR) is 84.4 cm³/mol. The van der Waals surface area contributed by atoms with Crippen molar-refractivity contribution in [2.24, 2.45) is 0 Å². The maximum absolute atomic E-state index is 12.3. The van der Waals surface area contributed by atoms with E-state index in [-0.39, 0.29) is 11.6 Å². The first-order chi connectivity index (χ1) is 9.41. The van der Waals surface area contributed by atoms with Crippen LogP contribution in [0.2, 0.25) is 0 Å². The molecule has 2 amide bonds. The molecular formula is C14H24N4OS. The molecule has 20 heavy (non-hydrogen) atoms. The van der Waals surface area contributed by atoms with E-state index in [1.807, 2.05) is 27.4 Å². The zero-order valence-electron chi connectivity index (χ0n) is 12.7. The fourth-order valence-electron chi connectivity index (χ4n) is 2.42. The Morgan fingerprint density at radius 2 is 2.05 bits per heavy atom. The largest absolute Gasteiger partial charge is 0.324 e. The van der Waals surface area contributed by atoms with Gasteiger partial charge >= 0.3 is 6.03 Å². The van der Waals surface area contributed by atoms with Gasteiger partial charge in [-0.15, -0.1) is 0 Å². The van der Waals surface area contributed by atoms with Crippen molar-refractivity contribution >= 4 is 23.6 Å². The number of carbonyl (C=O) groups is 1. The highest BCUT2D eigenvalue weighted by Gasteiger charge is 2.24. The molecule has 1 aliphatic rings. The van der Waals surface area contributed by atoms with Crippen LogP contribution >= 0.6 is 11.8 Å². The summed E-state index contributed by atoms with van der Waals surface area (Å²) in [6.07, 6.45) is 6.02. The van der Waals surface area contributed by atoms with E-state index in [1.165, 1.54) is 0 Å². The van der Waals surface area contributed by atoms with Crippen LogP contribution < -0.4 is 5.32 Å². The third-order valence-corrected chi connectivity index (χ3v) is 4.71. The van der Waals surface area contributed by atoms with Crippen LogP contribution in [0.5, 0.6) is 0 Å². The van der Waals surface area contributed by atoms with Crippen molar-refractivity contribution in [3.05, 3.63) is 12.3 Å². The van der Waals surface area contributed by atoms with Crippen molar-refractivity contribution in [2.45, 2.75) is 44.4 Å². The molecule has 1 fully saturated rings. The number of anilines is 1. The molecule has 0 spiro atoms. The third kappa shape index (κ3) is 3.48. The van der Waals surface area contributed by atoms with Crippen LogP contribution in [0.15, 0.2) is 12.3 Å². The summed E-state index contributed by atoms with van der Waals surface area (Å²) in [5.41, 5.74) is -0.141. The molecule has 0 aromatic carbocycles. The second kappa shape index (κ2) is 6.08. The van der Waals surface area contributed by atoms with E-state index in [0.717, 1.165) is 31.7 Å². The number of hydrogen-bond acceptors (Lipinski definition) is 3. The summed E-state index contributed by atoms with van der Waals surface area (Å²) >= 11 is 1.90. The third-order valence-electron chi connectivity index (χ3n) is 3.58. The topological polar surface area (TPSA) is 50.2 Å². The highest BCUT2D eigenvalue weighted by Crippen LogP contribution is 2.23. The van der Waals surface area contributed by atoms with Crippen molar-refractivity contribution in [3.63, 3.8) is 0 Å². The maximum atomic E-state index is 12.3. The lowest BCUT2D eigenvalue weighted by Gasteiger charge is -2.31. The van der Waals surface area contributed by atoms with Gasteiger partial charge in [0.15, 0.2) is 0 Å². The van der Waals surface area contributed by atoms with Crippen LogP contribution in [-0.2, 0) is 5.54 Å². The van der Waals surface area contributed by atoms with Crippen LogP contribution in [0, 0.1) is 0 Å². The van der Waals surface area contributed by atoms with E-state index in [4.69, 9.17) is 0 Å². The Kier molecular flexibility index (Phi) is 4.62. The first-order valence-electron chi connectivity index (χ1n) is 7.05. The van der Waals surface area contributed by atoms with Gasteiger partial charge in [0.1, 0.15) is 5.82 Å². The molecule has 6 heteroatoms. The smallest absolute Gasteiger partial charge is 0.323 e. The van der Waals surface area contributed by atoms with Crippen molar-refractivity contribution in [3.8, 4) is 0 Å². The lowest BCUT2D eigenvalue weighted by atomic mass is 10.1. The zero-order valence-corrected chi connectivity index (χ0v) is 13.5. The fourth-order valence-corrected chi connectivity index (χ4v) is 3.10. The molecule has 0 saturated carbocycles. The Hall–Kier alpha value is -1.17. The lowest BCUT2D eigenvalue weighted by Crippen LogP contribution is -2.42. The molecule has 2 rings (SSSR count). The Morgan fingerprint density at radius 1 is 1.40 bits per heavy atom. The Labute approximate surface area is 125 Å². The van der Waals surface area contributed by atoms with E-state index in [2.05, 4.69) is 37.4 Å². The molecule has 0 bridgehead atoms. The number of urea groups is 1. The number of hydrogen-bond donors (Lipinski definition) is 1. The standard InChI is InChI=1S/C14H24N4OS/c1-14(2,3)18-12(5-8-15-18)16-13(19)17-9-6-11(20-4)7-10-17/h5,8,11H,6-7,9-10H2,1-4H3,(H,16,19). The summed E-state index contributed by atoms with van der Waals surface area (Å²) in [5, 5.41) is 7.97. The van der Waals surface area contributed by atoms with E-state index >= 15 is 0 Å². The Bertz CT molecular complexity index is 458. The summed E-state index contributed by atoms with van der Waals surface area (Å²) in [7, 11) is 0. The van der Waals surface area contributed by atoms with E-state index in [1.54, 1.807) is 6.20 Å². The molecule has 1 aromatic heterocycles. The van der Waals surface area contributed by atoms with Crippen LogP contribution in [0.25, 0.3) is 0 Å². The molecule has 5 nitrogen and oxygen atoms in total. The number of likely N-dealkylation sites (tertiary alicyclic amines) is 1. The number of nitrogens with one attached hydrogen (secondary N) is 1. The minimum Gasteiger partial charge on any atom is -0.324 e. The van der Waals surface area contributed by atoms with E-state index < -0.39 is 0 Å². The molecule has 1 aliphatic heterocycles. The number of aromatic nitrogens is 2. The highest BCUT2D eigenvalue weighted by atomic mass is 32.2. The van der Waals surface area contributed by atoms with Crippen molar-refractivity contribution in [1.82, 2.24) is 14.7 Å². The normalized spacial score (nSPS) is 17.3. The minimum absolute atomic E-state index is 0.0180. The summed E-state index contributed by atoms with van der Waals surface area (Å²) in [4.78, 5) is 14.2. The fraction of sp³-hybridized carbons (Fsp3) is 0.714. The van der Waals surface area contributed by atoms with Crippen LogP contribution in [0.4, 0.5) is 10.6 Å². The molecule has 1 aromatic rings. The first kappa shape index (κ1) is 15.2. The van der Waals surface area contributed by atoms with E-state index in [9.17, 15) is 4.79 Å². The average Bonchev–Trinajstić information content (AvgIpc) is 2.87. The maximum Gasteiger partial charge on any atom is 0.323 e. The van der Waals surface area contributed by atoms with Crippen LogP contribution in [-0.4, -0.2) is 45.3 Å². The minimum atomic E-state index is -0.141. The van der Waals surface area contributed by atoms with Gasteiger partial charge in [0.2, 0.25) is 0 Å². The summed E-state index contributed by atoms with van der Waals surface area (Å²) in [6, 6.07) is 1.83. The van der Waals surface area contributed by atoms with Gasteiger partial charge in [-0.3, -0.25) is 5.32 Å². The summed E-state index contributed by atoms with van der Waals surface area (Å²) < 4.78 is 1.85. The quantitative estimate of drug-likeness (QED) is 0.912. The van der Waals surface area contributed by atoms with Crippen LogP contribution in [0.1, 0.15) is 33.6 Å². The predicted octanol–water partition coefficient (Wildman–Crippen LogP) is 3.00. The van der Waals surface area contributed by atoms with Crippen molar-refractivity contribution in [2.75, 3.05) is 24.7 Å². The number of thioether (sulfide) groups is 1. The number of nitrogens with zero attached hydrogens (tertiary/aromatic N) is 3. The molecule has 1 saturated heterocycles. The molecule has 2 heterocycles. The van der Waals surface area contributed by atoms with Gasteiger partial charge in [0, 0.05) is 24.4 Å². The van der Waals surface area contributed by atoms with Gasteiger partial charge in [0.05, 0.1) is 11.7 Å². The Balaban J connectivity index is 1.97. The van der Waals surface area contributed by atoms with Gasteiger partial charge in [-0.05, 0) is 39.9 Å². The molecule has 0 radical (unpaired) electrons. The first-order valence-corrected chi connectivity index (χ1v) is 8.34. The SMILES string of the molecule is CSC1CCN(C(=O)Nc2ccnn2C(C)(C)C)CC1. The summed E-state index contributed by atoms with van der Waals surface area (Å²) in [5.74, 6) is 0.759. The summed E-state index contributed by atoms with van der Waals surface area (Å²) in [6.45, 7) is 7.88. The van der Waals surface area contributed by atoms with Gasteiger partial charge in [-0.1, -0.05) is 0 Å². The second-order valence-electron chi connectivity index (χ2n) is 6.15. The van der Waals surface area contributed by atoms with E-state index in [0.29, 0.717) is 5.25 Å². The number of rotatable bonds is 2.